The van der Waals surface area contributed by atoms with Crippen molar-refractivity contribution in [3.8, 4) is 0 Å². The fourth-order valence-corrected chi connectivity index (χ4v) is 3.62. The minimum absolute atomic E-state index is 0.126. The number of esters is 2. The van der Waals surface area contributed by atoms with Gasteiger partial charge in [0.15, 0.2) is 6.29 Å². The molecular weight excluding hydrogens is 362 g/mol. The number of halogens is 1. The van der Waals surface area contributed by atoms with Gasteiger partial charge in [-0.2, -0.15) is 0 Å². The number of fused-ring (bicyclic) bond motifs is 1. The molecule has 0 amide bonds. The van der Waals surface area contributed by atoms with Crippen LogP contribution in [0.2, 0.25) is 0 Å². The largest absolute Gasteiger partial charge is 0.462 e. The maximum Gasteiger partial charge on any atom is 0.341 e. The Balaban J connectivity index is 2.47. The van der Waals surface area contributed by atoms with E-state index in [0.717, 1.165) is 4.88 Å². The Morgan fingerprint density at radius 1 is 1.43 bits per heavy atom. The lowest BCUT2D eigenvalue weighted by atomic mass is 10.2. The number of hydrogen-bond acceptors (Lipinski definition) is 6. The van der Waals surface area contributed by atoms with Crippen molar-refractivity contribution in [3.63, 3.8) is 0 Å². The molecule has 2 heterocycles. The molecule has 0 unspecified atom stereocenters. The second kappa shape index (κ2) is 6.40. The molecule has 0 fully saturated rings. The molecule has 0 N–H and O–H groups in total. The Morgan fingerprint density at radius 2 is 2.14 bits per heavy atom. The van der Waals surface area contributed by atoms with E-state index in [0.29, 0.717) is 15.7 Å². The molecule has 0 bridgehead atoms. The van der Waals surface area contributed by atoms with Gasteiger partial charge in [-0.15, -0.1) is 11.3 Å². The van der Waals surface area contributed by atoms with Crippen molar-refractivity contribution in [1.29, 1.82) is 0 Å². The molecule has 0 atom stereocenters. The molecule has 2 aromatic heterocycles. The molecule has 21 heavy (non-hydrogen) atoms. The highest BCUT2D eigenvalue weighted by atomic mass is 79.9. The van der Waals surface area contributed by atoms with Crippen molar-refractivity contribution in [3.05, 3.63) is 26.8 Å². The van der Waals surface area contributed by atoms with Crippen LogP contribution in [0.3, 0.4) is 0 Å². The average molecular weight is 374 g/mol. The summed E-state index contributed by atoms with van der Waals surface area (Å²) in [5, 5.41) is 0. The van der Waals surface area contributed by atoms with Crippen LogP contribution in [-0.2, 0) is 20.9 Å². The summed E-state index contributed by atoms with van der Waals surface area (Å²) in [6, 6.07) is 0. The van der Waals surface area contributed by atoms with E-state index in [1.165, 1.54) is 18.3 Å². The molecular formula is C13H12BrNO5S. The standard InChI is InChI=1S/C13H12BrNO5S/c1-3-19-13(18)10-9(5-16)12-15(11(10)14)4-8(21-12)6-20-7(2)17/h4-5H,3,6H2,1-2H3. The monoisotopic (exact) mass is 373 g/mol. The number of thiazole rings is 1. The molecule has 0 aromatic carbocycles. The van der Waals surface area contributed by atoms with Gasteiger partial charge < -0.3 is 9.47 Å². The number of hydrogen-bond donors (Lipinski definition) is 0. The van der Waals surface area contributed by atoms with Gasteiger partial charge in [0.25, 0.3) is 0 Å². The zero-order chi connectivity index (χ0) is 15.6. The third-order valence-corrected chi connectivity index (χ3v) is 4.53. The molecule has 0 aliphatic carbocycles. The topological polar surface area (TPSA) is 74.1 Å². The van der Waals surface area contributed by atoms with E-state index in [1.54, 1.807) is 17.5 Å². The Bertz CT molecular complexity index is 718. The second-order valence-corrected chi connectivity index (χ2v) is 5.94. The van der Waals surface area contributed by atoms with Crippen LogP contribution in [0.25, 0.3) is 4.83 Å². The Hall–Kier alpha value is -1.67. The zero-order valence-corrected chi connectivity index (χ0v) is 13.7. The summed E-state index contributed by atoms with van der Waals surface area (Å²) in [5.41, 5.74) is 0.469. The molecule has 8 heteroatoms. The SMILES string of the molecule is CCOC(=O)c1c(C=O)c2sc(COC(C)=O)cn2c1Br. The van der Waals surface area contributed by atoms with Gasteiger partial charge >= 0.3 is 11.9 Å². The minimum atomic E-state index is -0.552. The van der Waals surface area contributed by atoms with Gasteiger partial charge in [0, 0.05) is 13.1 Å². The number of rotatable bonds is 5. The van der Waals surface area contributed by atoms with Crippen LogP contribution < -0.4 is 0 Å². The predicted molar refractivity (Wildman–Crippen MR) is 79.8 cm³/mol. The fraction of sp³-hybridized carbons (Fsp3) is 0.308. The summed E-state index contributed by atoms with van der Waals surface area (Å²) in [5.74, 6) is -0.932. The lowest BCUT2D eigenvalue weighted by Crippen LogP contribution is -2.07. The third-order valence-electron chi connectivity index (χ3n) is 2.65. The minimum Gasteiger partial charge on any atom is -0.462 e. The van der Waals surface area contributed by atoms with Crippen LogP contribution in [0.4, 0.5) is 0 Å². The number of aromatic nitrogens is 1. The van der Waals surface area contributed by atoms with E-state index in [2.05, 4.69) is 15.9 Å². The van der Waals surface area contributed by atoms with Crippen LogP contribution in [0, 0.1) is 0 Å². The van der Waals surface area contributed by atoms with E-state index >= 15 is 0 Å². The first-order valence-corrected chi connectivity index (χ1v) is 7.68. The van der Waals surface area contributed by atoms with Gasteiger partial charge in [0.1, 0.15) is 21.6 Å². The van der Waals surface area contributed by atoms with Gasteiger partial charge in [0.2, 0.25) is 0 Å². The lowest BCUT2D eigenvalue weighted by Gasteiger charge is -2.01. The van der Waals surface area contributed by atoms with Crippen molar-refractivity contribution >= 4 is 50.3 Å². The predicted octanol–water partition coefficient (Wildman–Crippen LogP) is 2.82. The number of carbonyl (C=O) groups is 3. The van der Waals surface area contributed by atoms with E-state index in [-0.39, 0.29) is 30.3 Å². The lowest BCUT2D eigenvalue weighted by molar-refractivity contribution is -0.142. The molecule has 112 valence electrons. The van der Waals surface area contributed by atoms with Crippen LogP contribution in [0.1, 0.15) is 39.4 Å². The highest BCUT2D eigenvalue weighted by Gasteiger charge is 2.25. The van der Waals surface area contributed by atoms with Crippen molar-refractivity contribution in [2.75, 3.05) is 6.61 Å². The molecule has 0 saturated carbocycles. The number of nitrogens with zero attached hydrogens (tertiary/aromatic N) is 1. The van der Waals surface area contributed by atoms with Crippen molar-refractivity contribution < 1.29 is 23.9 Å². The summed E-state index contributed by atoms with van der Waals surface area (Å²) >= 11 is 4.59. The number of ether oxygens (including phenoxy) is 2. The fourth-order valence-electron chi connectivity index (χ4n) is 1.82. The molecule has 2 rings (SSSR count). The van der Waals surface area contributed by atoms with E-state index in [4.69, 9.17) is 9.47 Å². The van der Waals surface area contributed by atoms with Crippen LogP contribution in [-0.4, -0.2) is 29.2 Å². The molecule has 6 nitrogen and oxygen atoms in total. The maximum absolute atomic E-state index is 11.9. The normalized spacial score (nSPS) is 10.6. The van der Waals surface area contributed by atoms with Gasteiger partial charge in [-0.05, 0) is 22.9 Å². The van der Waals surface area contributed by atoms with Crippen molar-refractivity contribution in [2.24, 2.45) is 0 Å². The van der Waals surface area contributed by atoms with Crippen LogP contribution in [0.15, 0.2) is 10.8 Å². The summed E-state index contributed by atoms with van der Waals surface area (Å²) in [6.07, 6.45) is 2.33. The van der Waals surface area contributed by atoms with E-state index in [9.17, 15) is 14.4 Å². The van der Waals surface area contributed by atoms with Gasteiger partial charge in [-0.1, -0.05) is 0 Å². The molecule has 0 aliphatic rings. The van der Waals surface area contributed by atoms with E-state index < -0.39 is 5.97 Å². The van der Waals surface area contributed by atoms with Gasteiger partial charge in [0.05, 0.1) is 17.0 Å². The maximum atomic E-state index is 11.9. The highest BCUT2D eigenvalue weighted by molar-refractivity contribution is 9.10. The summed E-state index contributed by atoms with van der Waals surface area (Å²) in [7, 11) is 0. The molecule has 2 aromatic rings. The van der Waals surface area contributed by atoms with E-state index in [1.807, 2.05) is 0 Å². The number of carbonyl (C=O) groups excluding carboxylic acids is 3. The van der Waals surface area contributed by atoms with Crippen LogP contribution >= 0.6 is 27.3 Å². The third kappa shape index (κ3) is 3.01. The molecule has 0 aliphatic heterocycles. The quantitative estimate of drug-likeness (QED) is 0.594. The van der Waals surface area contributed by atoms with Crippen molar-refractivity contribution in [1.82, 2.24) is 4.40 Å². The van der Waals surface area contributed by atoms with Gasteiger partial charge in [-0.3, -0.25) is 14.0 Å². The first-order chi connectivity index (χ1) is 9.99. The van der Waals surface area contributed by atoms with Crippen molar-refractivity contribution in [2.45, 2.75) is 20.5 Å². The Morgan fingerprint density at radius 3 is 2.71 bits per heavy atom. The number of aldehydes is 1. The molecule has 0 spiro atoms. The Labute approximate surface area is 132 Å². The first kappa shape index (κ1) is 15.7. The first-order valence-electron chi connectivity index (χ1n) is 6.07. The highest BCUT2D eigenvalue weighted by Crippen LogP contribution is 2.33. The zero-order valence-electron chi connectivity index (χ0n) is 11.3. The summed E-state index contributed by atoms with van der Waals surface area (Å²) < 4.78 is 12.0. The summed E-state index contributed by atoms with van der Waals surface area (Å²) in [4.78, 5) is 35.4. The average Bonchev–Trinajstić information content (AvgIpc) is 2.95. The smallest absolute Gasteiger partial charge is 0.341 e. The van der Waals surface area contributed by atoms with Crippen LogP contribution in [0.5, 0.6) is 0 Å². The van der Waals surface area contributed by atoms with Gasteiger partial charge in [-0.25, -0.2) is 4.79 Å². The molecule has 0 saturated heterocycles. The second-order valence-electron chi connectivity index (χ2n) is 4.07. The Kier molecular flexibility index (Phi) is 4.79. The molecule has 0 radical (unpaired) electrons. The summed E-state index contributed by atoms with van der Waals surface area (Å²) in [6.45, 7) is 3.38.